The lowest BCUT2D eigenvalue weighted by Gasteiger charge is -2.09. The van der Waals surface area contributed by atoms with Crippen LogP contribution in [-0.4, -0.2) is 15.0 Å². The Morgan fingerprint density at radius 3 is 2.65 bits per heavy atom. The smallest absolute Gasteiger partial charge is 0.227 e. The lowest BCUT2D eigenvalue weighted by molar-refractivity contribution is 0.585. The minimum atomic E-state index is -0.607. The molecule has 0 atom stereocenters. The van der Waals surface area contributed by atoms with Crippen LogP contribution in [0.3, 0.4) is 0 Å². The number of hydrogen-bond acceptors (Lipinski definition) is 5. The Labute approximate surface area is 152 Å². The first kappa shape index (κ1) is 16.3. The van der Waals surface area contributed by atoms with Gasteiger partial charge in [-0.05, 0) is 35.9 Å². The molecule has 0 spiro atoms. The quantitative estimate of drug-likeness (QED) is 0.533. The molecule has 4 nitrogen and oxygen atoms in total. The summed E-state index contributed by atoms with van der Waals surface area (Å²) >= 11 is 1.49. The summed E-state index contributed by atoms with van der Waals surface area (Å²) in [6.07, 6.45) is 3.37. The third-order valence-electron chi connectivity index (χ3n) is 3.67. The van der Waals surface area contributed by atoms with E-state index in [1.807, 2.05) is 11.4 Å². The van der Waals surface area contributed by atoms with Crippen molar-refractivity contribution in [3.8, 4) is 21.8 Å². The monoisotopic (exact) mass is 366 g/mol. The molecule has 128 valence electrons. The predicted octanol–water partition coefficient (Wildman–Crippen LogP) is 5.29. The Morgan fingerprint density at radius 2 is 1.85 bits per heavy atom. The van der Waals surface area contributed by atoms with Gasteiger partial charge in [-0.25, -0.2) is 23.7 Å². The van der Waals surface area contributed by atoms with E-state index in [-0.39, 0.29) is 0 Å². The molecular formula is C19H12F2N4S. The SMILES string of the molecule is Fc1ccc(-c2cccc(Nc3nccc(-c4nccs4)n3)c2)c(F)c1. The van der Waals surface area contributed by atoms with E-state index in [9.17, 15) is 8.78 Å². The number of nitrogens with one attached hydrogen (secondary N) is 1. The fourth-order valence-corrected chi connectivity index (χ4v) is 3.11. The molecule has 2 aromatic carbocycles. The second-order valence-electron chi connectivity index (χ2n) is 5.43. The summed E-state index contributed by atoms with van der Waals surface area (Å²) in [6.45, 7) is 0. The van der Waals surface area contributed by atoms with E-state index in [1.165, 1.54) is 23.5 Å². The van der Waals surface area contributed by atoms with Gasteiger partial charge in [0.25, 0.3) is 0 Å². The lowest BCUT2D eigenvalue weighted by atomic mass is 10.0. The molecule has 2 aromatic heterocycles. The summed E-state index contributed by atoms with van der Waals surface area (Å²) in [5.41, 5.74) is 2.37. The van der Waals surface area contributed by atoms with Gasteiger partial charge in [0, 0.05) is 35.1 Å². The molecule has 0 unspecified atom stereocenters. The van der Waals surface area contributed by atoms with Crippen LogP contribution in [0.5, 0.6) is 0 Å². The van der Waals surface area contributed by atoms with Crippen LogP contribution in [0.15, 0.2) is 66.3 Å². The summed E-state index contributed by atoms with van der Waals surface area (Å²) in [6, 6.07) is 12.4. The molecule has 1 N–H and O–H groups in total. The van der Waals surface area contributed by atoms with Crippen LogP contribution in [0.4, 0.5) is 20.4 Å². The van der Waals surface area contributed by atoms with Crippen molar-refractivity contribution in [2.24, 2.45) is 0 Å². The molecule has 4 rings (SSSR count). The zero-order valence-electron chi connectivity index (χ0n) is 13.4. The highest BCUT2D eigenvalue weighted by Crippen LogP contribution is 2.27. The third-order valence-corrected chi connectivity index (χ3v) is 4.46. The molecule has 0 saturated heterocycles. The summed E-state index contributed by atoms with van der Waals surface area (Å²) in [4.78, 5) is 12.9. The van der Waals surface area contributed by atoms with E-state index in [0.717, 1.165) is 16.8 Å². The molecule has 7 heteroatoms. The number of aromatic nitrogens is 3. The summed E-state index contributed by atoms with van der Waals surface area (Å²) in [7, 11) is 0. The number of halogens is 2. The zero-order chi connectivity index (χ0) is 17.9. The predicted molar refractivity (Wildman–Crippen MR) is 98.2 cm³/mol. The summed E-state index contributed by atoms with van der Waals surface area (Å²) in [5, 5.41) is 5.79. The van der Waals surface area contributed by atoms with Gasteiger partial charge in [-0.15, -0.1) is 11.3 Å². The van der Waals surface area contributed by atoms with Crippen LogP contribution in [0.25, 0.3) is 21.8 Å². The van der Waals surface area contributed by atoms with Gasteiger partial charge in [0.15, 0.2) is 0 Å². The fraction of sp³-hybridized carbons (Fsp3) is 0. The zero-order valence-corrected chi connectivity index (χ0v) is 14.2. The largest absolute Gasteiger partial charge is 0.324 e. The maximum atomic E-state index is 14.0. The molecule has 0 fully saturated rings. The highest BCUT2D eigenvalue weighted by atomic mass is 32.1. The minimum Gasteiger partial charge on any atom is -0.324 e. The molecule has 0 aliphatic carbocycles. The van der Waals surface area contributed by atoms with Crippen LogP contribution in [0, 0.1) is 11.6 Å². The van der Waals surface area contributed by atoms with Gasteiger partial charge < -0.3 is 5.32 Å². The van der Waals surface area contributed by atoms with Crippen molar-refractivity contribution in [1.29, 1.82) is 0 Å². The average molecular weight is 366 g/mol. The first-order chi connectivity index (χ1) is 12.7. The van der Waals surface area contributed by atoms with Crippen molar-refractivity contribution in [2.75, 3.05) is 5.32 Å². The molecule has 0 aliphatic rings. The van der Waals surface area contributed by atoms with Gasteiger partial charge in [-0.1, -0.05) is 12.1 Å². The molecule has 26 heavy (non-hydrogen) atoms. The number of rotatable bonds is 4. The number of benzene rings is 2. The van der Waals surface area contributed by atoms with Crippen LogP contribution in [-0.2, 0) is 0 Å². The molecule has 4 aromatic rings. The first-order valence-corrected chi connectivity index (χ1v) is 8.62. The van der Waals surface area contributed by atoms with E-state index in [0.29, 0.717) is 22.8 Å². The van der Waals surface area contributed by atoms with Gasteiger partial charge in [0.2, 0.25) is 5.95 Å². The highest BCUT2D eigenvalue weighted by Gasteiger charge is 2.08. The standard InChI is InChI=1S/C19H12F2N4S/c20-13-4-5-15(16(21)11-13)12-2-1-3-14(10-12)24-19-23-7-6-17(25-19)18-22-8-9-26-18/h1-11H,(H,23,24,25). The molecule has 0 saturated carbocycles. The Hall–Kier alpha value is -3.19. The van der Waals surface area contributed by atoms with Crippen molar-refractivity contribution in [3.63, 3.8) is 0 Å². The third kappa shape index (κ3) is 3.43. The Kier molecular flexibility index (Phi) is 4.37. The van der Waals surface area contributed by atoms with Gasteiger partial charge in [0.1, 0.15) is 22.3 Å². The average Bonchev–Trinajstić information content (AvgIpc) is 3.17. The number of anilines is 2. The van der Waals surface area contributed by atoms with Crippen molar-refractivity contribution >= 4 is 23.0 Å². The van der Waals surface area contributed by atoms with Crippen molar-refractivity contribution in [1.82, 2.24) is 15.0 Å². The second-order valence-corrected chi connectivity index (χ2v) is 6.33. The molecule has 0 bridgehead atoms. The van der Waals surface area contributed by atoms with Crippen LogP contribution >= 0.6 is 11.3 Å². The molecular weight excluding hydrogens is 354 g/mol. The normalized spacial score (nSPS) is 10.7. The molecule has 0 radical (unpaired) electrons. The van der Waals surface area contributed by atoms with Crippen molar-refractivity contribution < 1.29 is 8.78 Å². The second kappa shape index (κ2) is 6.97. The number of thiazole rings is 1. The van der Waals surface area contributed by atoms with Crippen molar-refractivity contribution in [3.05, 3.63) is 77.9 Å². The Bertz CT molecular complexity index is 1050. The lowest BCUT2D eigenvalue weighted by Crippen LogP contribution is -1.98. The van der Waals surface area contributed by atoms with Crippen LogP contribution in [0.2, 0.25) is 0 Å². The van der Waals surface area contributed by atoms with Crippen LogP contribution < -0.4 is 5.32 Å². The fourth-order valence-electron chi connectivity index (χ4n) is 2.51. The summed E-state index contributed by atoms with van der Waals surface area (Å²) in [5.74, 6) is -0.800. The maximum absolute atomic E-state index is 14.0. The van der Waals surface area contributed by atoms with Gasteiger partial charge in [-0.3, -0.25) is 0 Å². The van der Waals surface area contributed by atoms with E-state index in [4.69, 9.17) is 0 Å². The highest BCUT2D eigenvalue weighted by molar-refractivity contribution is 7.13. The van der Waals surface area contributed by atoms with Crippen LogP contribution in [0.1, 0.15) is 0 Å². The van der Waals surface area contributed by atoms with Gasteiger partial charge in [-0.2, -0.15) is 0 Å². The van der Waals surface area contributed by atoms with Gasteiger partial charge in [0.05, 0.1) is 0 Å². The van der Waals surface area contributed by atoms with E-state index < -0.39 is 11.6 Å². The van der Waals surface area contributed by atoms with Crippen molar-refractivity contribution in [2.45, 2.75) is 0 Å². The maximum Gasteiger partial charge on any atom is 0.227 e. The molecule has 0 amide bonds. The number of nitrogens with zero attached hydrogens (tertiary/aromatic N) is 3. The Balaban J connectivity index is 1.63. The topological polar surface area (TPSA) is 50.7 Å². The Morgan fingerprint density at radius 1 is 0.923 bits per heavy atom. The van der Waals surface area contributed by atoms with E-state index >= 15 is 0 Å². The number of hydrogen-bond donors (Lipinski definition) is 1. The van der Waals surface area contributed by atoms with E-state index in [1.54, 1.807) is 36.7 Å². The first-order valence-electron chi connectivity index (χ1n) is 7.74. The minimum absolute atomic E-state index is 0.326. The summed E-state index contributed by atoms with van der Waals surface area (Å²) < 4.78 is 27.1. The molecule has 0 aliphatic heterocycles. The van der Waals surface area contributed by atoms with E-state index in [2.05, 4.69) is 20.3 Å². The van der Waals surface area contributed by atoms with Gasteiger partial charge >= 0.3 is 0 Å². The molecule has 2 heterocycles.